The van der Waals surface area contributed by atoms with Crippen LogP contribution in [0.25, 0.3) is 0 Å². The summed E-state index contributed by atoms with van der Waals surface area (Å²) in [6, 6.07) is 0. The quantitative estimate of drug-likeness (QED) is 0.560. The average Bonchev–Trinajstić information content (AvgIpc) is 2.29. The van der Waals surface area contributed by atoms with Gasteiger partial charge in [-0.3, -0.25) is 0 Å². The van der Waals surface area contributed by atoms with Crippen molar-refractivity contribution in [3.05, 3.63) is 0 Å². The lowest BCUT2D eigenvalue weighted by Gasteiger charge is -2.19. The van der Waals surface area contributed by atoms with E-state index >= 15 is 0 Å². The topological polar surface area (TPSA) is 0 Å². The summed E-state index contributed by atoms with van der Waals surface area (Å²) in [5.41, 5.74) is 0. The van der Waals surface area contributed by atoms with Gasteiger partial charge in [0.1, 0.15) is 0 Å². The molecular formula is C11H21B. The van der Waals surface area contributed by atoms with Crippen molar-refractivity contribution in [2.75, 3.05) is 0 Å². The summed E-state index contributed by atoms with van der Waals surface area (Å²) in [5, 5.41) is 0. The molecule has 0 amide bonds. The normalized spacial score (nSPS) is 36.2. The molecule has 0 aromatic heterocycles. The summed E-state index contributed by atoms with van der Waals surface area (Å²) in [6.45, 7) is 6.93. The molecule has 1 heteroatoms. The van der Waals surface area contributed by atoms with Crippen LogP contribution in [0.4, 0.5) is 0 Å². The van der Waals surface area contributed by atoms with Crippen molar-refractivity contribution in [3.63, 3.8) is 0 Å². The first-order chi connectivity index (χ1) is 5.63. The standard InChI is InChI=1S/C11H21B/c1-4-9-6-11(12)7-10(9)5-8(2)3/h8-11H,4-7H2,1-3H3. The second-order valence-electron chi connectivity index (χ2n) is 4.79. The lowest BCUT2D eigenvalue weighted by molar-refractivity contribution is 0.316. The Morgan fingerprint density at radius 2 is 1.83 bits per heavy atom. The highest BCUT2D eigenvalue weighted by Crippen LogP contribution is 2.43. The van der Waals surface area contributed by atoms with Gasteiger partial charge < -0.3 is 0 Å². The first kappa shape index (κ1) is 10.1. The number of hydrogen-bond acceptors (Lipinski definition) is 0. The molecule has 1 aliphatic rings. The Balaban J connectivity index is 2.40. The molecule has 68 valence electrons. The van der Waals surface area contributed by atoms with E-state index in [1.807, 2.05) is 0 Å². The van der Waals surface area contributed by atoms with E-state index in [9.17, 15) is 0 Å². The van der Waals surface area contributed by atoms with Crippen molar-refractivity contribution in [1.82, 2.24) is 0 Å². The van der Waals surface area contributed by atoms with Crippen molar-refractivity contribution in [1.29, 1.82) is 0 Å². The molecular weight excluding hydrogens is 143 g/mol. The Bertz CT molecular complexity index is 131. The van der Waals surface area contributed by atoms with Gasteiger partial charge in [-0.2, -0.15) is 0 Å². The molecule has 0 aromatic carbocycles. The zero-order valence-electron chi connectivity index (χ0n) is 8.72. The highest BCUT2D eigenvalue weighted by atomic mass is 14.3. The average molecular weight is 164 g/mol. The molecule has 1 aliphatic carbocycles. The zero-order chi connectivity index (χ0) is 9.14. The molecule has 1 saturated carbocycles. The molecule has 0 saturated heterocycles. The van der Waals surface area contributed by atoms with Crippen LogP contribution >= 0.6 is 0 Å². The van der Waals surface area contributed by atoms with E-state index in [0.717, 1.165) is 17.8 Å². The Kier molecular flexibility index (Phi) is 3.67. The summed E-state index contributed by atoms with van der Waals surface area (Å²) in [7, 11) is 5.97. The van der Waals surface area contributed by atoms with Crippen LogP contribution in [0.15, 0.2) is 0 Å². The maximum Gasteiger partial charge on any atom is 0.0699 e. The first-order valence-electron chi connectivity index (χ1n) is 5.39. The highest BCUT2D eigenvalue weighted by molar-refractivity contribution is 6.11. The van der Waals surface area contributed by atoms with Crippen molar-refractivity contribution >= 4 is 7.85 Å². The molecule has 0 aromatic rings. The monoisotopic (exact) mass is 164 g/mol. The molecule has 0 spiro atoms. The van der Waals surface area contributed by atoms with E-state index < -0.39 is 0 Å². The summed E-state index contributed by atoms with van der Waals surface area (Å²) in [4.78, 5) is 0. The third-order valence-corrected chi connectivity index (χ3v) is 3.18. The second-order valence-corrected chi connectivity index (χ2v) is 4.79. The predicted octanol–water partition coefficient (Wildman–Crippen LogP) is 3.43. The van der Waals surface area contributed by atoms with Crippen LogP contribution in [-0.4, -0.2) is 7.85 Å². The minimum Gasteiger partial charge on any atom is -0.0768 e. The Hall–Kier alpha value is 0.0649. The predicted molar refractivity (Wildman–Crippen MR) is 55.5 cm³/mol. The maximum atomic E-state index is 5.97. The van der Waals surface area contributed by atoms with Gasteiger partial charge in [0.25, 0.3) is 0 Å². The van der Waals surface area contributed by atoms with Crippen molar-refractivity contribution < 1.29 is 0 Å². The van der Waals surface area contributed by atoms with Crippen LogP contribution < -0.4 is 0 Å². The largest absolute Gasteiger partial charge is 0.0768 e. The highest BCUT2D eigenvalue weighted by Gasteiger charge is 2.30. The smallest absolute Gasteiger partial charge is 0.0699 e. The minimum atomic E-state index is 0.499. The van der Waals surface area contributed by atoms with Gasteiger partial charge in [0, 0.05) is 0 Å². The van der Waals surface area contributed by atoms with Crippen LogP contribution in [0.3, 0.4) is 0 Å². The summed E-state index contributed by atoms with van der Waals surface area (Å²) in [6.07, 6.45) is 5.25. The fraction of sp³-hybridized carbons (Fsp3) is 1.00. The Morgan fingerprint density at radius 1 is 1.25 bits per heavy atom. The van der Waals surface area contributed by atoms with Crippen LogP contribution in [0.1, 0.15) is 46.5 Å². The van der Waals surface area contributed by atoms with E-state index in [-0.39, 0.29) is 0 Å². The lowest BCUT2D eigenvalue weighted by atomic mass is 9.84. The van der Waals surface area contributed by atoms with Crippen molar-refractivity contribution in [3.8, 4) is 0 Å². The molecule has 12 heavy (non-hydrogen) atoms. The van der Waals surface area contributed by atoms with Gasteiger partial charge in [0.15, 0.2) is 0 Å². The van der Waals surface area contributed by atoms with Gasteiger partial charge in [-0.05, 0) is 24.2 Å². The van der Waals surface area contributed by atoms with Gasteiger partial charge >= 0.3 is 0 Å². The zero-order valence-corrected chi connectivity index (χ0v) is 8.72. The van der Waals surface area contributed by atoms with Gasteiger partial charge in [-0.15, -0.1) is 0 Å². The minimum absolute atomic E-state index is 0.499. The second kappa shape index (κ2) is 4.34. The van der Waals surface area contributed by atoms with Crippen LogP contribution in [0.2, 0.25) is 5.82 Å². The molecule has 3 atom stereocenters. The van der Waals surface area contributed by atoms with E-state index in [2.05, 4.69) is 20.8 Å². The number of rotatable bonds is 3. The summed E-state index contributed by atoms with van der Waals surface area (Å²) >= 11 is 0. The molecule has 1 fully saturated rings. The Morgan fingerprint density at radius 3 is 2.33 bits per heavy atom. The molecule has 0 heterocycles. The molecule has 0 aliphatic heterocycles. The van der Waals surface area contributed by atoms with Crippen LogP contribution in [0, 0.1) is 17.8 Å². The first-order valence-corrected chi connectivity index (χ1v) is 5.39. The third kappa shape index (κ3) is 2.53. The van der Waals surface area contributed by atoms with Gasteiger partial charge in [0.2, 0.25) is 0 Å². The number of hydrogen-bond donors (Lipinski definition) is 0. The van der Waals surface area contributed by atoms with Crippen LogP contribution in [-0.2, 0) is 0 Å². The molecule has 0 nitrogen and oxygen atoms in total. The SMILES string of the molecule is [B]C1CC(CC)C(CC(C)C)C1. The van der Waals surface area contributed by atoms with E-state index in [4.69, 9.17) is 7.85 Å². The van der Waals surface area contributed by atoms with E-state index in [1.54, 1.807) is 0 Å². The van der Waals surface area contributed by atoms with Crippen molar-refractivity contribution in [2.45, 2.75) is 52.3 Å². The fourth-order valence-corrected chi connectivity index (χ4v) is 2.65. The summed E-state index contributed by atoms with van der Waals surface area (Å²) in [5.74, 6) is 3.18. The maximum absolute atomic E-state index is 5.97. The van der Waals surface area contributed by atoms with E-state index in [0.29, 0.717) is 5.82 Å². The molecule has 1 rings (SSSR count). The van der Waals surface area contributed by atoms with Gasteiger partial charge in [0.05, 0.1) is 7.85 Å². The summed E-state index contributed by atoms with van der Waals surface area (Å²) < 4.78 is 0. The van der Waals surface area contributed by atoms with E-state index in [1.165, 1.54) is 25.7 Å². The molecule has 3 unspecified atom stereocenters. The third-order valence-electron chi connectivity index (χ3n) is 3.18. The van der Waals surface area contributed by atoms with Gasteiger partial charge in [-0.25, -0.2) is 0 Å². The fourth-order valence-electron chi connectivity index (χ4n) is 2.65. The molecule has 0 bridgehead atoms. The Labute approximate surface area is 78.5 Å². The lowest BCUT2D eigenvalue weighted by Crippen LogP contribution is -2.09. The van der Waals surface area contributed by atoms with Gasteiger partial charge in [-0.1, -0.05) is 45.9 Å². The van der Waals surface area contributed by atoms with Crippen LogP contribution in [0.5, 0.6) is 0 Å². The molecule has 0 N–H and O–H groups in total. The molecule has 2 radical (unpaired) electrons. The van der Waals surface area contributed by atoms with Crippen molar-refractivity contribution in [2.24, 2.45) is 17.8 Å².